The van der Waals surface area contributed by atoms with Crippen molar-refractivity contribution in [2.75, 3.05) is 11.9 Å². The number of aryl methyl sites for hydroxylation is 1. The molecule has 8 heteroatoms. The molecule has 7 nitrogen and oxygen atoms in total. The van der Waals surface area contributed by atoms with Crippen LogP contribution in [-0.4, -0.2) is 31.0 Å². The van der Waals surface area contributed by atoms with Gasteiger partial charge in [0.15, 0.2) is 11.5 Å². The topological polar surface area (TPSA) is 77.8 Å². The van der Waals surface area contributed by atoms with Crippen LogP contribution in [0.1, 0.15) is 25.1 Å². The Morgan fingerprint density at radius 3 is 2.69 bits per heavy atom. The summed E-state index contributed by atoms with van der Waals surface area (Å²) >= 11 is 1.29. The molecule has 29 heavy (non-hydrogen) atoms. The Hall–Kier alpha value is -3.26. The fourth-order valence-electron chi connectivity index (χ4n) is 2.98. The summed E-state index contributed by atoms with van der Waals surface area (Å²) in [6.45, 7) is 6.73. The molecule has 0 aliphatic rings. The predicted molar refractivity (Wildman–Crippen MR) is 115 cm³/mol. The maximum Gasteiger partial charge on any atom is 0.207 e. The Kier molecular flexibility index (Phi) is 5.53. The molecule has 2 aromatic carbocycles. The van der Waals surface area contributed by atoms with Crippen LogP contribution in [0.4, 0.5) is 10.8 Å². The van der Waals surface area contributed by atoms with Gasteiger partial charge in [0.2, 0.25) is 5.13 Å². The second kappa shape index (κ2) is 8.40. The molecular formula is C21H22N6OS. The Bertz CT molecular complexity index is 1100. The highest BCUT2D eigenvalue weighted by molar-refractivity contribution is 7.09. The van der Waals surface area contributed by atoms with Crippen molar-refractivity contribution in [1.29, 1.82) is 0 Å². The zero-order valence-corrected chi connectivity index (χ0v) is 17.4. The van der Waals surface area contributed by atoms with E-state index >= 15 is 0 Å². The average Bonchev–Trinajstić information content (AvgIpc) is 3.36. The quantitative estimate of drug-likeness (QED) is 0.475. The van der Waals surface area contributed by atoms with Gasteiger partial charge in [-0.3, -0.25) is 0 Å². The second-order valence-corrected chi connectivity index (χ2v) is 7.22. The molecule has 2 aromatic heterocycles. The van der Waals surface area contributed by atoms with E-state index in [0.29, 0.717) is 23.3 Å². The van der Waals surface area contributed by atoms with Crippen LogP contribution in [0.2, 0.25) is 0 Å². The number of hydrogen-bond acceptors (Lipinski definition) is 7. The SMILES string of the molecule is CCOc1ccc(Nc2nc(-c3nnn(-c4cccc(CC)c4)c3C)ns2)cc1. The minimum absolute atomic E-state index is 0.568. The van der Waals surface area contributed by atoms with E-state index in [0.717, 1.165) is 29.2 Å². The molecule has 0 aliphatic heterocycles. The van der Waals surface area contributed by atoms with E-state index in [-0.39, 0.29) is 0 Å². The predicted octanol–water partition coefficient (Wildman–Crippen LogP) is 4.80. The molecule has 4 aromatic rings. The van der Waals surface area contributed by atoms with Crippen molar-refractivity contribution < 1.29 is 4.74 Å². The van der Waals surface area contributed by atoms with Gasteiger partial charge < -0.3 is 10.1 Å². The highest BCUT2D eigenvalue weighted by atomic mass is 32.1. The monoisotopic (exact) mass is 406 g/mol. The van der Waals surface area contributed by atoms with Crippen molar-refractivity contribution >= 4 is 22.4 Å². The van der Waals surface area contributed by atoms with Gasteiger partial charge in [0, 0.05) is 17.2 Å². The molecular weight excluding hydrogens is 384 g/mol. The first kappa shape index (κ1) is 19.1. The van der Waals surface area contributed by atoms with Crippen molar-refractivity contribution in [3.63, 3.8) is 0 Å². The summed E-state index contributed by atoms with van der Waals surface area (Å²) < 4.78 is 11.8. The summed E-state index contributed by atoms with van der Waals surface area (Å²) in [5.74, 6) is 1.41. The largest absolute Gasteiger partial charge is 0.494 e. The molecule has 0 saturated heterocycles. The van der Waals surface area contributed by atoms with Crippen molar-refractivity contribution in [2.24, 2.45) is 0 Å². The molecule has 0 atom stereocenters. The van der Waals surface area contributed by atoms with Gasteiger partial charge in [-0.1, -0.05) is 24.3 Å². The Labute approximate surface area is 173 Å². The fourth-order valence-corrected chi connectivity index (χ4v) is 3.58. The maximum absolute atomic E-state index is 5.47. The lowest BCUT2D eigenvalue weighted by molar-refractivity contribution is 0.340. The van der Waals surface area contributed by atoms with Crippen LogP contribution < -0.4 is 10.1 Å². The third-order valence-electron chi connectivity index (χ3n) is 4.51. The van der Waals surface area contributed by atoms with Crippen LogP contribution in [0.3, 0.4) is 0 Å². The van der Waals surface area contributed by atoms with E-state index in [1.54, 1.807) is 0 Å². The molecule has 0 spiro atoms. The Morgan fingerprint density at radius 1 is 1.10 bits per heavy atom. The van der Waals surface area contributed by atoms with Gasteiger partial charge in [0.25, 0.3) is 0 Å². The molecule has 148 valence electrons. The van der Waals surface area contributed by atoms with Crippen LogP contribution in [-0.2, 0) is 6.42 Å². The molecule has 0 unspecified atom stereocenters. The number of nitrogens with zero attached hydrogens (tertiary/aromatic N) is 5. The van der Waals surface area contributed by atoms with E-state index in [9.17, 15) is 0 Å². The van der Waals surface area contributed by atoms with Crippen LogP contribution in [0, 0.1) is 6.92 Å². The lowest BCUT2D eigenvalue weighted by Crippen LogP contribution is -2.00. The van der Waals surface area contributed by atoms with Gasteiger partial charge in [-0.05, 0) is 62.2 Å². The first-order valence-electron chi connectivity index (χ1n) is 9.53. The van der Waals surface area contributed by atoms with E-state index < -0.39 is 0 Å². The zero-order chi connectivity index (χ0) is 20.2. The molecule has 0 saturated carbocycles. The Morgan fingerprint density at radius 2 is 1.93 bits per heavy atom. The highest BCUT2D eigenvalue weighted by Crippen LogP contribution is 2.26. The summed E-state index contributed by atoms with van der Waals surface area (Å²) in [5, 5.41) is 12.6. The van der Waals surface area contributed by atoms with Crippen molar-refractivity contribution in [2.45, 2.75) is 27.2 Å². The molecule has 0 bridgehead atoms. The lowest BCUT2D eigenvalue weighted by Gasteiger charge is -2.05. The van der Waals surface area contributed by atoms with Crippen LogP contribution >= 0.6 is 11.5 Å². The second-order valence-electron chi connectivity index (χ2n) is 6.46. The molecule has 4 rings (SSSR count). The minimum Gasteiger partial charge on any atom is -0.494 e. The number of nitrogens with one attached hydrogen (secondary N) is 1. The van der Waals surface area contributed by atoms with E-state index in [1.807, 2.05) is 54.9 Å². The van der Waals surface area contributed by atoms with E-state index in [2.05, 4.69) is 44.0 Å². The van der Waals surface area contributed by atoms with Crippen LogP contribution in [0.25, 0.3) is 17.2 Å². The summed E-state index contributed by atoms with van der Waals surface area (Å²) in [7, 11) is 0. The van der Waals surface area contributed by atoms with E-state index in [4.69, 9.17) is 4.74 Å². The summed E-state index contributed by atoms with van der Waals surface area (Å²) in [6.07, 6.45) is 0.975. The number of aromatic nitrogens is 5. The number of ether oxygens (including phenoxy) is 1. The van der Waals surface area contributed by atoms with E-state index in [1.165, 1.54) is 17.1 Å². The molecule has 0 amide bonds. The standard InChI is InChI=1S/C21H22N6OS/c1-4-15-7-6-8-17(13-15)27-14(3)19(24-26-27)20-23-21(29-25-20)22-16-9-11-18(12-10-16)28-5-2/h6-13H,4-5H2,1-3H3,(H,22,23,25). The normalized spacial score (nSPS) is 10.9. The smallest absolute Gasteiger partial charge is 0.207 e. The van der Waals surface area contributed by atoms with Gasteiger partial charge >= 0.3 is 0 Å². The third kappa shape index (κ3) is 4.12. The number of anilines is 2. The molecule has 1 N–H and O–H groups in total. The van der Waals surface area contributed by atoms with Gasteiger partial charge in [0.1, 0.15) is 5.75 Å². The lowest BCUT2D eigenvalue weighted by atomic mass is 10.1. The molecule has 2 heterocycles. The fraction of sp³-hybridized carbons (Fsp3) is 0.238. The third-order valence-corrected chi connectivity index (χ3v) is 5.14. The average molecular weight is 407 g/mol. The minimum atomic E-state index is 0.568. The number of benzene rings is 2. The summed E-state index contributed by atoms with van der Waals surface area (Å²) in [6, 6.07) is 16.0. The van der Waals surface area contributed by atoms with Gasteiger partial charge in [-0.25, -0.2) is 4.68 Å². The van der Waals surface area contributed by atoms with Gasteiger partial charge in [-0.15, -0.1) is 5.10 Å². The molecule has 0 fully saturated rings. The summed E-state index contributed by atoms with van der Waals surface area (Å²) in [5.41, 5.74) is 4.76. The zero-order valence-electron chi connectivity index (χ0n) is 16.6. The number of rotatable bonds is 7. The highest BCUT2D eigenvalue weighted by Gasteiger charge is 2.17. The summed E-state index contributed by atoms with van der Waals surface area (Å²) in [4.78, 5) is 4.59. The molecule has 0 radical (unpaired) electrons. The first-order chi connectivity index (χ1) is 14.2. The maximum atomic E-state index is 5.47. The van der Waals surface area contributed by atoms with Crippen molar-refractivity contribution in [3.8, 4) is 23.0 Å². The first-order valence-corrected chi connectivity index (χ1v) is 10.3. The van der Waals surface area contributed by atoms with Crippen molar-refractivity contribution in [3.05, 3.63) is 59.8 Å². The van der Waals surface area contributed by atoms with Gasteiger partial charge in [-0.2, -0.15) is 9.36 Å². The van der Waals surface area contributed by atoms with Crippen LogP contribution in [0.5, 0.6) is 5.75 Å². The van der Waals surface area contributed by atoms with Gasteiger partial charge in [0.05, 0.1) is 18.0 Å². The van der Waals surface area contributed by atoms with Crippen LogP contribution in [0.15, 0.2) is 48.5 Å². The Balaban J connectivity index is 1.54. The molecule has 0 aliphatic carbocycles. The number of hydrogen-bond donors (Lipinski definition) is 1. The van der Waals surface area contributed by atoms with Crippen molar-refractivity contribution in [1.82, 2.24) is 24.4 Å².